The van der Waals surface area contributed by atoms with Crippen LogP contribution in [0.25, 0.3) is 0 Å². The predicted molar refractivity (Wildman–Crippen MR) is 119 cm³/mol. The van der Waals surface area contributed by atoms with Gasteiger partial charge in [0, 0.05) is 24.8 Å². The topological polar surface area (TPSA) is 106 Å². The molecule has 10 heteroatoms. The number of hydrogen-bond donors (Lipinski definition) is 1. The lowest BCUT2D eigenvalue weighted by Gasteiger charge is -2.26. The van der Waals surface area contributed by atoms with Crippen LogP contribution in [-0.2, 0) is 16.6 Å². The fourth-order valence-corrected chi connectivity index (χ4v) is 5.30. The molecule has 0 unspecified atom stereocenters. The Morgan fingerprint density at radius 1 is 1.06 bits per heavy atom. The zero-order valence-corrected chi connectivity index (χ0v) is 18.4. The fourth-order valence-electron chi connectivity index (χ4n) is 3.59. The fraction of sp³-hybridized carbons (Fsp3) is 0.318. The summed E-state index contributed by atoms with van der Waals surface area (Å²) in [5, 5.41) is 6.80. The van der Waals surface area contributed by atoms with Gasteiger partial charge in [-0.3, -0.25) is 4.79 Å². The van der Waals surface area contributed by atoms with Gasteiger partial charge < -0.3 is 10.1 Å². The summed E-state index contributed by atoms with van der Waals surface area (Å²) in [5.41, 5.74) is 0.633. The largest absolute Gasteiger partial charge is 0.492 e. The van der Waals surface area contributed by atoms with Crippen molar-refractivity contribution in [1.29, 1.82) is 0 Å². The van der Waals surface area contributed by atoms with Crippen LogP contribution in [-0.4, -0.2) is 53.1 Å². The van der Waals surface area contributed by atoms with E-state index in [1.165, 1.54) is 22.8 Å². The normalized spacial score (nSPS) is 14.8. The van der Waals surface area contributed by atoms with Crippen molar-refractivity contribution in [3.63, 3.8) is 0 Å². The van der Waals surface area contributed by atoms with E-state index in [1.807, 2.05) is 0 Å². The van der Waals surface area contributed by atoms with Crippen molar-refractivity contribution in [2.75, 3.05) is 25.0 Å². The van der Waals surface area contributed by atoms with Gasteiger partial charge in [0.05, 0.1) is 17.0 Å². The molecule has 0 bridgehead atoms. The van der Waals surface area contributed by atoms with Crippen molar-refractivity contribution >= 4 is 21.6 Å². The van der Waals surface area contributed by atoms with Gasteiger partial charge in [0.25, 0.3) is 5.91 Å². The highest BCUT2D eigenvalue weighted by Gasteiger charge is 2.29. The Morgan fingerprint density at radius 2 is 1.88 bits per heavy atom. The average Bonchev–Trinajstić information content (AvgIpc) is 3.33. The monoisotopic (exact) mass is 455 g/mol. The van der Waals surface area contributed by atoms with Crippen molar-refractivity contribution < 1.29 is 17.9 Å². The van der Waals surface area contributed by atoms with Crippen LogP contribution in [0, 0.1) is 0 Å². The van der Waals surface area contributed by atoms with Crippen LogP contribution in [0.3, 0.4) is 0 Å². The highest BCUT2D eigenvalue weighted by Crippen LogP contribution is 2.25. The van der Waals surface area contributed by atoms with E-state index in [-0.39, 0.29) is 10.5 Å². The lowest BCUT2D eigenvalue weighted by Crippen LogP contribution is -2.36. The highest BCUT2D eigenvalue weighted by atomic mass is 32.2. The molecule has 2 heterocycles. The summed E-state index contributed by atoms with van der Waals surface area (Å²) in [6.45, 7) is 1.88. The Bertz CT molecular complexity index is 1160. The van der Waals surface area contributed by atoms with Crippen molar-refractivity contribution in [2.45, 2.75) is 30.7 Å². The summed E-state index contributed by atoms with van der Waals surface area (Å²) >= 11 is 0. The molecule has 1 saturated heterocycles. The molecule has 0 radical (unpaired) electrons. The summed E-state index contributed by atoms with van der Waals surface area (Å²) in [7, 11) is -3.74. The van der Waals surface area contributed by atoms with E-state index >= 15 is 0 Å². The highest BCUT2D eigenvalue weighted by molar-refractivity contribution is 7.89. The molecule has 1 aliphatic heterocycles. The van der Waals surface area contributed by atoms with Crippen LogP contribution in [0.15, 0.2) is 66.1 Å². The van der Waals surface area contributed by atoms with Crippen LogP contribution in [0.4, 0.5) is 5.69 Å². The number of carbonyl (C=O) groups is 1. The number of amides is 1. The Kier molecular flexibility index (Phi) is 6.81. The SMILES string of the molecule is O=C(Nc1cccc(OCCn2cncn2)c1)c1ccccc1S(=O)(=O)N1CCCCC1. The number of aromatic nitrogens is 3. The van der Waals surface area contributed by atoms with Crippen molar-refractivity contribution in [3.05, 3.63) is 66.7 Å². The molecule has 1 N–H and O–H groups in total. The Balaban J connectivity index is 1.46. The van der Waals surface area contributed by atoms with Crippen molar-refractivity contribution in [2.24, 2.45) is 0 Å². The first-order chi connectivity index (χ1) is 15.5. The number of carbonyl (C=O) groups excluding carboxylic acids is 1. The van der Waals surface area contributed by atoms with E-state index in [4.69, 9.17) is 4.74 Å². The maximum atomic E-state index is 13.1. The summed E-state index contributed by atoms with van der Waals surface area (Å²) < 4.78 is 35.1. The summed E-state index contributed by atoms with van der Waals surface area (Å²) in [6, 6.07) is 13.3. The van der Waals surface area contributed by atoms with Gasteiger partial charge in [0.1, 0.15) is 25.0 Å². The number of hydrogen-bond acceptors (Lipinski definition) is 6. The first-order valence-corrected chi connectivity index (χ1v) is 11.9. The quantitative estimate of drug-likeness (QED) is 0.560. The Labute approximate surface area is 187 Å². The zero-order chi connectivity index (χ0) is 22.4. The average molecular weight is 456 g/mol. The first-order valence-electron chi connectivity index (χ1n) is 10.5. The van der Waals surface area contributed by atoms with Gasteiger partial charge in [0.15, 0.2) is 0 Å². The lowest BCUT2D eigenvalue weighted by atomic mass is 10.2. The Hall–Kier alpha value is -3.24. The molecule has 168 valence electrons. The first kappa shape index (κ1) is 22.0. The second-order valence-electron chi connectivity index (χ2n) is 7.45. The molecule has 0 aliphatic carbocycles. The van der Waals surface area contributed by atoms with E-state index in [2.05, 4.69) is 15.4 Å². The zero-order valence-electron chi connectivity index (χ0n) is 17.6. The molecule has 4 rings (SSSR count). The minimum atomic E-state index is -3.74. The molecule has 0 atom stereocenters. The molecule has 32 heavy (non-hydrogen) atoms. The van der Waals surface area contributed by atoms with Gasteiger partial charge in [-0.05, 0) is 37.1 Å². The van der Waals surface area contributed by atoms with E-state index in [0.29, 0.717) is 37.7 Å². The van der Waals surface area contributed by atoms with Gasteiger partial charge in [-0.1, -0.05) is 24.6 Å². The smallest absolute Gasteiger partial charge is 0.257 e. The van der Waals surface area contributed by atoms with Gasteiger partial charge in [-0.25, -0.2) is 18.1 Å². The molecule has 3 aromatic rings. The van der Waals surface area contributed by atoms with Gasteiger partial charge >= 0.3 is 0 Å². The molecule has 9 nitrogen and oxygen atoms in total. The molecule has 1 amide bonds. The third-order valence-electron chi connectivity index (χ3n) is 5.21. The lowest BCUT2D eigenvalue weighted by molar-refractivity contribution is 0.102. The van der Waals surface area contributed by atoms with Crippen LogP contribution in [0.5, 0.6) is 5.75 Å². The minimum Gasteiger partial charge on any atom is -0.492 e. The van der Waals surface area contributed by atoms with E-state index in [1.54, 1.807) is 47.4 Å². The molecule has 1 aliphatic rings. The third-order valence-corrected chi connectivity index (χ3v) is 7.17. The second kappa shape index (κ2) is 9.92. The maximum absolute atomic E-state index is 13.1. The number of piperidine rings is 1. The summed E-state index contributed by atoms with van der Waals surface area (Å²) in [6.07, 6.45) is 5.74. The third kappa shape index (κ3) is 5.14. The minimum absolute atomic E-state index is 0.0274. The predicted octanol–water partition coefficient (Wildman–Crippen LogP) is 2.78. The molecular formula is C22H25N5O4S. The van der Waals surface area contributed by atoms with Crippen molar-refractivity contribution in [3.8, 4) is 5.75 Å². The molecular weight excluding hydrogens is 430 g/mol. The Morgan fingerprint density at radius 3 is 2.66 bits per heavy atom. The molecule has 1 fully saturated rings. The van der Waals surface area contributed by atoms with Crippen LogP contribution >= 0.6 is 0 Å². The molecule has 2 aromatic carbocycles. The second-order valence-corrected chi connectivity index (χ2v) is 9.36. The van der Waals surface area contributed by atoms with Crippen molar-refractivity contribution in [1.82, 2.24) is 19.1 Å². The number of anilines is 1. The molecule has 1 aromatic heterocycles. The number of sulfonamides is 1. The molecule has 0 saturated carbocycles. The van der Waals surface area contributed by atoms with E-state index in [9.17, 15) is 13.2 Å². The standard InChI is InChI=1S/C22H25N5O4S/c28-22(20-9-2-3-10-21(20)32(29,30)27-11-4-1-5-12-27)25-18-7-6-8-19(15-18)31-14-13-26-17-23-16-24-26/h2-3,6-10,15-17H,1,4-5,11-14H2,(H,25,28). The summed E-state index contributed by atoms with van der Waals surface area (Å²) in [4.78, 5) is 16.9. The number of rotatable bonds is 8. The number of ether oxygens (including phenoxy) is 1. The number of benzene rings is 2. The van der Waals surface area contributed by atoms with E-state index < -0.39 is 15.9 Å². The maximum Gasteiger partial charge on any atom is 0.257 e. The van der Waals surface area contributed by atoms with Gasteiger partial charge in [-0.2, -0.15) is 9.40 Å². The number of nitrogens with one attached hydrogen (secondary N) is 1. The van der Waals surface area contributed by atoms with Gasteiger partial charge in [0.2, 0.25) is 10.0 Å². The van der Waals surface area contributed by atoms with Gasteiger partial charge in [-0.15, -0.1) is 0 Å². The van der Waals surface area contributed by atoms with E-state index in [0.717, 1.165) is 19.3 Å². The van der Waals surface area contributed by atoms with Crippen LogP contribution in [0.1, 0.15) is 29.6 Å². The molecule has 0 spiro atoms. The van der Waals surface area contributed by atoms with Crippen LogP contribution < -0.4 is 10.1 Å². The summed E-state index contributed by atoms with van der Waals surface area (Å²) in [5.74, 6) is 0.0955. The van der Waals surface area contributed by atoms with Crippen LogP contribution in [0.2, 0.25) is 0 Å². The number of nitrogens with zero attached hydrogens (tertiary/aromatic N) is 4.